The fourth-order valence-electron chi connectivity index (χ4n) is 8.67. The average Bonchev–Trinajstić information content (AvgIpc) is 3.88. The molecule has 2 fully saturated rings. The number of aliphatic carboxylic acids is 1. The fourth-order valence-corrected chi connectivity index (χ4v) is 8.94. The van der Waals surface area contributed by atoms with E-state index in [0.29, 0.717) is 64.6 Å². The number of rotatable bonds is 9. The second kappa shape index (κ2) is 15.2. The molecular weight excluding hydrogens is 718 g/mol. The molecule has 1 saturated heterocycles. The van der Waals surface area contributed by atoms with Gasteiger partial charge in [0.2, 0.25) is 5.89 Å². The Morgan fingerprint density at radius 1 is 1.02 bits per heavy atom. The quantitative estimate of drug-likeness (QED) is 0.146. The number of β-amino-alcohol motifs (C(OH)–C–C–N with tert-alkyl or cyclic N) is 1. The minimum absolute atomic E-state index is 0.221. The number of hydrogen-bond donors (Lipinski definition) is 3. The third kappa shape index (κ3) is 7.37. The van der Waals surface area contributed by atoms with Crippen molar-refractivity contribution >= 4 is 40.3 Å². The van der Waals surface area contributed by atoms with Gasteiger partial charge >= 0.3 is 5.97 Å². The summed E-state index contributed by atoms with van der Waals surface area (Å²) in [5.41, 5.74) is 8.00. The molecule has 3 aromatic carbocycles. The van der Waals surface area contributed by atoms with Crippen LogP contribution in [0.2, 0.25) is 5.02 Å². The van der Waals surface area contributed by atoms with Crippen LogP contribution in [0.25, 0.3) is 33.7 Å². The molecule has 12 nitrogen and oxygen atoms in total. The first kappa shape index (κ1) is 36.9. The number of benzene rings is 3. The van der Waals surface area contributed by atoms with Gasteiger partial charge in [0.15, 0.2) is 11.4 Å². The molecule has 0 spiro atoms. The summed E-state index contributed by atoms with van der Waals surface area (Å²) in [6.45, 7) is 6.43. The smallest absolute Gasteiger partial charge is 0.306 e. The van der Waals surface area contributed by atoms with Gasteiger partial charge in [-0.15, -0.1) is 0 Å². The highest BCUT2D eigenvalue weighted by molar-refractivity contribution is 6.36. The molecule has 3 aliphatic rings. The molecule has 0 bridgehead atoms. The molecule has 8 rings (SSSR count). The molecule has 284 valence electrons. The maximum absolute atomic E-state index is 13.7. The maximum Gasteiger partial charge on any atom is 0.306 e. The number of nitriles is 1. The zero-order valence-electron chi connectivity index (χ0n) is 31.0. The van der Waals surface area contributed by atoms with Crippen molar-refractivity contribution < 1.29 is 24.2 Å². The second-order valence-electron chi connectivity index (χ2n) is 15.3. The zero-order chi connectivity index (χ0) is 38.4. The van der Waals surface area contributed by atoms with E-state index in [2.05, 4.69) is 21.2 Å². The van der Waals surface area contributed by atoms with Gasteiger partial charge in [-0.3, -0.25) is 19.4 Å². The largest absolute Gasteiger partial charge is 0.481 e. The van der Waals surface area contributed by atoms with Gasteiger partial charge in [0.25, 0.3) is 5.91 Å². The van der Waals surface area contributed by atoms with Gasteiger partial charge in [0, 0.05) is 69.6 Å². The number of carbonyl (C=O) groups excluding carboxylic acids is 1. The number of anilines is 1. The van der Waals surface area contributed by atoms with E-state index in [1.165, 1.54) is 0 Å². The Hall–Kier alpha value is -5.06. The number of nitrogens with one attached hydrogen (secondary N) is 1. The Kier molecular flexibility index (Phi) is 10.2. The van der Waals surface area contributed by atoms with Crippen molar-refractivity contribution in [1.82, 2.24) is 24.3 Å². The molecule has 1 saturated carbocycles. The van der Waals surface area contributed by atoms with Crippen molar-refractivity contribution in [3.05, 3.63) is 87.5 Å². The molecule has 1 aliphatic carbocycles. The van der Waals surface area contributed by atoms with Crippen molar-refractivity contribution in [2.75, 3.05) is 31.5 Å². The highest BCUT2D eigenvalue weighted by atomic mass is 35.5. The number of carbonyl (C=O) groups is 2. The second-order valence-corrected chi connectivity index (χ2v) is 15.7. The van der Waals surface area contributed by atoms with Crippen LogP contribution in [-0.4, -0.2) is 78.7 Å². The lowest BCUT2D eigenvalue weighted by molar-refractivity contribution is -0.143. The molecule has 2 aliphatic heterocycles. The molecule has 1 atom stereocenters. The van der Waals surface area contributed by atoms with Crippen LogP contribution < -0.4 is 5.32 Å². The van der Waals surface area contributed by atoms with Crippen LogP contribution in [0.3, 0.4) is 0 Å². The van der Waals surface area contributed by atoms with Gasteiger partial charge in [-0.2, -0.15) is 5.26 Å². The number of fused-ring (bicyclic) bond motifs is 2. The fraction of sp³-hybridized carbons (Fsp3) is 0.405. The predicted molar refractivity (Wildman–Crippen MR) is 208 cm³/mol. The lowest BCUT2D eigenvalue weighted by Gasteiger charge is -2.33. The van der Waals surface area contributed by atoms with Gasteiger partial charge in [0.05, 0.1) is 34.0 Å². The average molecular weight is 762 g/mol. The van der Waals surface area contributed by atoms with Gasteiger partial charge in [-0.1, -0.05) is 35.9 Å². The molecule has 1 amide bonds. The van der Waals surface area contributed by atoms with Crippen LogP contribution in [0.4, 0.5) is 5.69 Å². The Morgan fingerprint density at radius 3 is 2.53 bits per heavy atom. The number of carboxylic acids is 1. The van der Waals surface area contributed by atoms with E-state index in [4.69, 9.17) is 26.0 Å². The van der Waals surface area contributed by atoms with Gasteiger partial charge in [-0.25, -0.2) is 9.97 Å². The van der Waals surface area contributed by atoms with Crippen LogP contribution in [0, 0.1) is 30.1 Å². The number of aliphatic hydroxyl groups excluding tert-OH is 1. The number of imidazole rings is 1. The number of carboxylic acid groups (broad SMARTS) is 1. The van der Waals surface area contributed by atoms with Crippen molar-refractivity contribution in [2.45, 2.75) is 64.6 Å². The summed E-state index contributed by atoms with van der Waals surface area (Å²) in [6, 6.07) is 17.4. The van der Waals surface area contributed by atoms with E-state index in [1.54, 1.807) is 6.07 Å². The van der Waals surface area contributed by atoms with E-state index in [1.807, 2.05) is 61.0 Å². The Labute approximate surface area is 324 Å². The lowest BCUT2D eigenvalue weighted by atomic mass is 9.81. The predicted octanol–water partition coefficient (Wildman–Crippen LogP) is 6.80. The first-order valence-electron chi connectivity index (χ1n) is 19.0. The van der Waals surface area contributed by atoms with Crippen molar-refractivity contribution in [1.29, 1.82) is 5.26 Å². The highest BCUT2D eigenvalue weighted by Crippen LogP contribution is 2.40. The summed E-state index contributed by atoms with van der Waals surface area (Å²) in [6.07, 6.45) is 4.51. The maximum atomic E-state index is 13.7. The summed E-state index contributed by atoms with van der Waals surface area (Å²) in [7, 11) is 1.88. The molecule has 0 radical (unpaired) electrons. The third-order valence-electron chi connectivity index (χ3n) is 11.7. The van der Waals surface area contributed by atoms with Crippen molar-refractivity contribution in [2.24, 2.45) is 18.9 Å². The number of likely N-dealkylation sites (tertiary alicyclic amines) is 1. The summed E-state index contributed by atoms with van der Waals surface area (Å²) in [5, 5.41) is 32.7. The minimum atomic E-state index is -0.684. The number of aromatic nitrogens is 3. The molecule has 4 heterocycles. The number of aliphatic hydroxyl groups is 1. The van der Waals surface area contributed by atoms with Crippen molar-refractivity contribution in [3.63, 3.8) is 0 Å². The number of amides is 1. The van der Waals surface area contributed by atoms with E-state index in [-0.39, 0.29) is 17.9 Å². The molecule has 0 unspecified atom stereocenters. The van der Waals surface area contributed by atoms with Crippen LogP contribution in [0.1, 0.15) is 70.8 Å². The van der Waals surface area contributed by atoms with Crippen LogP contribution in [0.5, 0.6) is 0 Å². The topological polar surface area (TPSA) is 161 Å². The molecular formula is C42H44ClN7O5. The molecule has 55 heavy (non-hydrogen) atoms. The summed E-state index contributed by atoms with van der Waals surface area (Å²) in [4.78, 5) is 39.3. The number of hydrogen-bond acceptors (Lipinski definition) is 9. The van der Waals surface area contributed by atoms with Crippen LogP contribution in [-0.2, 0) is 31.4 Å². The van der Waals surface area contributed by atoms with E-state index in [0.717, 1.165) is 97.4 Å². The van der Waals surface area contributed by atoms with Gasteiger partial charge in [-0.05, 0) is 85.9 Å². The molecule has 2 aromatic heterocycles. The number of nitrogens with zero attached hydrogens (tertiary/aromatic N) is 6. The molecule has 3 N–H and O–H groups in total. The Morgan fingerprint density at radius 2 is 1.78 bits per heavy atom. The Bertz CT molecular complexity index is 2340. The van der Waals surface area contributed by atoms with Crippen molar-refractivity contribution in [3.8, 4) is 28.7 Å². The molecule has 13 heteroatoms. The normalized spacial score (nSPS) is 20.4. The zero-order valence-corrected chi connectivity index (χ0v) is 31.8. The lowest BCUT2D eigenvalue weighted by Crippen LogP contribution is -2.36. The van der Waals surface area contributed by atoms with E-state index < -0.39 is 5.97 Å². The molecule has 5 aromatic rings. The van der Waals surface area contributed by atoms with Crippen LogP contribution >= 0.6 is 11.6 Å². The third-order valence-corrected chi connectivity index (χ3v) is 12.1. The summed E-state index contributed by atoms with van der Waals surface area (Å²) >= 11 is 7.05. The number of oxazole rings is 1. The van der Waals surface area contributed by atoms with E-state index >= 15 is 0 Å². The van der Waals surface area contributed by atoms with Gasteiger partial charge < -0.3 is 24.5 Å². The first-order valence-corrected chi connectivity index (χ1v) is 19.4. The summed E-state index contributed by atoms with van der Waals surface area (Å²) in [5.74, 6) is -0.0630. The highest BCUT2D eigenvalue weighted by Gasteiger charge is 2.31. The standard InChI is InChI=1S/C42H44ClN7O5/c1-24-30(5-3-6-31(24)41-47-34-18-26(17-28(19-44)38(34)55-41)21-49-15-13-29(51)22-49)32-7-4-8-33(37(32)43)46-40(52)39-45-35-23-50(16-14-36(35)48(39)2)20-25-9-11-27(12-10-25)42(53)54/h3-8,17-18,25,27,29,51H,9-16,20-23H2,1-2H3,(H,46,52)(H,53,54)/t25?,27?,29-/m1/s1. The van der Waals surface area contributed by atoms with Crippen LogP contribution in [0.15, 0.2) is 52.9 Å². The summed E-state index contributed by atoms with van der Waals surface area (Å²) < 4.78 is 8.12. The SMILES string of the molecule is Cc1c(-c2nc3cc(CN4CC[C@@H](O)C4)cc(C#N)c3o2)cccc1-c1cccc(NC(=O)c2nc3c(n2C)CCN(CC2CCC(C(=O)O)CC2)C3)c1Cl. The van der Waals surface area contributed by atoms with E-state index in [9.17, 15) is 25.1 Å². The monoisotopic (exact) mass is 761 g/mol. The number of halogens is 1. The first-order chi connectivity index (χ1) is 26.6. The van der Waals surface area contributed by atoms with Gasteiger partial charge in [0.1, 0.15) is 11.6 Å². The Balaban J connectivity index is 0.994. The minimum Gasteiger partial charge on any atom is -0.481 e.